The number of rotatable bonds is 5. The van der Waals surface area contributed by atoms with Crippen molar-refractivity contribution in [2.45, 2.75) is 46.0 Å². The number of nitrogens with one attached hydrogen (secondary N) is 1. The van der Waals surface area contributed by atoms with E-state index in [4.69, 9.17) is 9.47 Å². The fourth-order valence-corrected chi connectivity index (χ4v) is 5.86. The number of hydrogen-bond acceptors (Lipinski definition) is 3. The van der Waals surface area contributed by atoms with Gasteiger partial charge in [-0.2, -0.15) is 0 Å². The van der Waals surface area contributed by atoms with E-state index in [0.29, 0.717) is 5.92 Å². The van der Waals surface area contributed by atoms with Gasteiger partial charge >= 0.3 is 0 Å². The standard InChI is InChI=1S/C19H25N.C16H12Br2O2/c1-14(2)15-6-10-17(11-7-15)20-18-12-8-16(9-13-18)19(3,4)5;1-19-9-3-5-11-13(7-9)15(17)12-6-4-10(20-2)8-14(12)16(11)18/h6-14,20H,1-5H3;3-8H,1-2H3. The van der Waals surface area contributed by atoms with Gasteiger partial charge in [0.1, 0.15) is 11.5 Å². The van der Waals surface area contributed by atoms with E-state index in [2.05, 4.69) is 132 Å². The van der Waals surface area contributed by atoms with Crippen LogP contribution in [0, 0.1) is 0 Å². The molecule has 0 saturated heterocycles. The van der Waals surface area contributed by atoms with Gasteiger partial charge in [-0.1, -0.05) is 58.9 Å². The molecular formula is C35H37Br2NO2. The smallest absolute Gasteiger partial charge is 0.119 e. The van der Waals surface area contributed by atoms with Crippen molar-refractivity contribution < 1.29 is 9.47 Å². The molecular weight excluding hydrogens is 626 g/mol. The summed E-state index contributed by atoms with van der Waals surface area (Å²) in [4.78, 5) is 0. The van der Waals surface area contributed by atoms with E-state index in [9.17, 15) is 0 Å². The van der Waals surface area contributed by atoms with Crippen LogP contribution in [0.4, 0.5) is 11.4 Å². The van der Waals surface area contributed by atoms with E-state index >= 15 is 0 Å². The Balaban J connectivity index is 0.000000185. The van der Waals surface area contributed by atoms with Gasteiger partial charge in [0, 0.05) is 31.1 Å². The van der Waals surface area contributed by atoms with Crippen molar-refractivity contribution in [2.24, 2.45) is 0 Å². The van der Waals surface area contributed by atoms with Gasteiger partial charge in [0.15, 0.2) is 0 Å². The van der Waals surface area contributed by atoms with Crippen molar-refractivity contribution >= 4 is 64.8 Å². The topological polar surface area (TPSA) is 30.5 Å². The highest BCUT2D eigenvalue weighted by atomic mass is 79.9. The number of hydrogen-bond donors (Lipinski definition) is 1. The lowest BCUT2D eigenvalue weighted by Gasteiger charge is -2.19. The third-order valence-corrected chi connectivity index (χ3v) is 8.72. The summed E-state index contributed by atoms with van der Waals surface area (Å²) in [5.74, 6) is 2.27. The van der Waals surface area contributed by atoms with Crippen LogP contribution in [0.15, 0.2) is 93.9 Å². The summed E-state index contributed by atoms with van der Waals surface area (Å²) in [6.07, 6.45) is 0. The normalized spacial score (nSPS) is 11.3. The van der Waals surface area contributed by atoms with E-state index in [1.807, 2.05) is 24.3 Å². The van der Waals surface area contributed by atoms with Crippen LogP contribution < -0.4 is 14.8 Å². The van der Waals surface area contributed by atoms with Crippen LogP contribution in [0.25, 0.3) is 21.5 Å². The molecule has 0 amide bonds. The monoisotopic (exact) mass is 661 g/mol. The summed E-state index contributed by atoms with van der Waals surface area (Å²) >= 11 is 7.42. The predicted octanol–water partition coefficient (Wildman–Crippen LogP) is 11.4. The summed E-state index contributed by atoms with van der Waals surface area (Å²) in [5.41, 5.74) is 5.21. The summed E-state index contributed by atoms with van der Waals surface area (Å²) in [6.45, 7) is 11.1. The van der Waals surface area contributed by atoms with Crippen molar-refractivity contribution in [1.29, 1.82) is 0 Å². The van der Waals surface area contributed by atoms with Crippen molar-refractivity contribution in [1.82, 2.24) is 0 Å². The quantitative estimate of drug-likeness (QED) is 0.190. The lowest BCUT2D eigenvalue weighted by molar-refractivity contribution is 0.415. The van der Waals surface area contributed by atoms with Gasteiger partial charge in [0.25, 0.3) is 0 Å². The zero-order valence-electron chi connectivity index (χ0n) is 24.2. The van der Waals surface area contributed by atoms with Crippen molar-refractivity contribution in [3.05, 3.63) is 105 Å². The molecule has 0 aromatic heterocycles. The average molecular weight is 663 g/mol. The maximum Gasteiger partial charge on any atom is 0.119 e. The van der Waals surface area contributed by atoms with E-state index < -0.39 is 0 Å². The Morgan fingerprint density at radius 2 is 1.02 bits per heavy atom. The number of ether oxygens (including phenoxy) is 2. The molecule has 0 fully saturated rings. The molecule has 0 bridgehead atoms. The van der Waals surface area contributed by atoms with Crippen LogP contribution in [0.5, 0.6) is 11.5 Å². The van der Waals surface area contributed by atoms with Crippen LogP contribution in [-0.2, 0) is 5.41 Å². The highest BCUT2D eigenvalue weighted by molar-refractivity contribution is 9.11. The molecule has 5 aromatic rings. The van der Waals surface area contributed by atoms with Crippen LogP contribution in [0.2, 0.25) is 0 Å². The third kappa shape index (κ3) is 6.82. The minimum Gasteiger partial charge on any atom is -0.497 e. The minimum absolute atomic E-state index is 0.206. The van der Waals surface area contributed by atoms with Gasteiger partial charge in [0.2, 0.25) is 0 Å². The van der Waals surface area contributed by atoms with Gasteiger partial charge in [0.05, 0.1) is 14.2 Å². The minimum atomic E-state index is 0.206. The summed E-state index contributed by atoms with van der Waals surface area (Å²) < 4.78 is 12.7. The second kappa shape index (κ2) is 12.7. The molecule has 0 unspecified atom stereocenters. The Morgan fingerprint density at radius 1 is 0.600 bits per heavy atom. The lowest BCUT2D eigenvalue weighted by Crippen LogP contribution is -2.10. The van der Waals surface area contributed by atoms with Gasteiger partial charge in [-0.3, -0.25) is 0 Å². The predicted molar refractivity (Wildman–Crippen MR) is 179 cm³/mol. The molecule has 3 nitrogen and oxygen atoms in total. The maximum absolute atomic E-state index is 5.31. The number of anilines is 2. The molecule has 0 aliphatic rings. The highest BCUT2D eigenvalue weighted by Gasteiger charge is 2.13. The van der Waals surface area contributed by atoms with E-state index in [0.717, 1.165) is 53.4 Å². The molecule has 5 rings (SSSR count). The van der Waals surface area contributed by atoms with Crippen LogP contribution >= 0.6 is 31.9 Å². The number of benzene rings is 5. The van der Waals surface area contributed by atoms with Gasteiger partial charge in [-0.15, -0.1) is 0 Å². The highest BCUT2D eigenvalue weighted by Crippen LogP contribution is 2.41. The zero-order valence-corrected chi connectivity index (χ0v) is 27.4. The van der Waals surface area contributed by atoms with E-state index in [1.165, 1.54) is 11.1 Å². The molecule has 208 valence electrons. The first-order valence-electron chi connectivity index (χ1n) is 13.4. The molecule has 0 heterocycles. The molecule has 40 heavy (non-hydrogen) atoms. The van der Waals surface area contributed by atoms with Crippen molar-refractivity contribution in [2.75, 3.05) is 19.5 Å². The van der Waals surface area contributed by atoms with E-state index in [-0.39, 0.29) is 5.41 Å². The summed E-state index contributed by atoms with van der Waals surface area (Å²) in [7, 11) is 3.35. The van der Waals surface area contributed by atoms with Crippen LogP contribution in [0.1, 0.15) is 51.7 Å². The number of halogens is 2. The fraction of sp³-hybridized carbons (Fsp3) is 0.257. The molecule has 0 spiro atoms. The molecule has 0 aliphatic heterocycles. The van der Waals surface area contributed by atoms with Crippen molar-refractivity contribution in [3.8, 4) is 11.5 Å². The maximum atomic E-state index is 5.31. The molecule has 0 atom stereocenters. The first-order valence-corrected chi connectivity index (χ1v) is 15.0. The van der Waals surface area contributed by atoms with Gasteiger partial charge in [-0.05, 0) is 126 Å². The van der Waals surface area contributed by atoms with Crippen LogP contribution in [0.3, 0.4) is 0 Å². The van der Waals surface area contributed by atoms with Gasteiger partial charge in [-0.25, -0.2) is 0 Å². The Labute approximate surface area is 255 Å². The van der Waals surface area contributed by atoms with Crippen molar-refractivity contribution in [3.63, 3.8) is 0 Å². The van der Waals surface area contributed by atoms with E-state index in [1.54, 1.807) is 14.2 Å². The SMILES string of the molecule is CC(C)c1ccc(Nc2ccc(C(C)(C)C)cc2)cc1.COc1ccc2c(Br)c3cc(OC)ccc3c(Br)c2c1. The Hall–Kier alpha value is -3.02. The number of fused-ring (bicyclic) bond motifs is 2. The fourth-order valence-electron chi connectivity index (χ4n) is 4.51. The summed E-state index contributed by atoms with van der Waals surface area (Å²) in [5, 5.41) is 7.96. The second-order valence-electron chi connectivity index (χ2n) is 11.2. The Kier molecular flexibility index (Phi) is 9.48. The lowest BCUT2D eigenvalue weighted by atomic mass is 9.87. The molecule has 5 aromatic carbocycles. The average Bonchev–Trinajstić information content (AvgIpc) is 2.95. The molecule has 0 aliphatic carbocycles. The third-order valence-electron chi connectivity index (χ3n) is 7.02. The van der Waals surface area contributed by atoms with Gasteiger partial charge < -0.3 is 14.8 Å². The summed E-state index contributed by atoms with van der Waals surface area (Å²) in [6, 6.07) is 29.5. The molecule has 0 saturated carbocycles. The number of methoxy groups -OCH3 is 2. The Bertz CT molecular complexity index is 1530. The van der Waals surface area contributed by atoms with Crippen LogP contribution in [-0.4, -0.2) is 14.2 Å². The largest absolute Gasteiger partial charge is 0.497 e. The zero-order chi connectivity index (χ0) is 29.0. The molecule has 5 heteroatoms. The molecule has 1 N–H and O–H groups in total. The second-order valence-corrected chi connectivity index (χ2v) is 12.8. The Morgan fingerprint density at radius 3 is 1.40 bits per heavy atom. The first kappa shape index (κ1) is 30.0. The first-order chi connectivity index (χ1) is 19.0. The molecule has 0 radical (unpaired) electrons.